The quantitative estimate of drug-likeness (QED) is 0.255. The lowest BCUT2D eigenvalue weighted by Gasteiger charge is -2.47. The van der Waals surface area contributed by atoms with Gasteiger partial charge in [-0.15, -0.1) is 0 Å². The standard InChI is InChI=1S/C38H45ClN2O5/c1-24(23-46-32-10-15-40-31-9-3-6-25(2)35(31)32)18-27-19-26-20-33-34(45-17-5-16-44-33)22-30(26)37(27)11-13-38(14-12-37,36(42)43)41-29-8-4-7-28(39)21-29/h4,7-8,10,15,20-22,24-25,27,41H,3,5-6,9,11-14,16-19,23H2,1-2H3,(H,42,43)/t24-,25-,27?,37?,38?/m1/s1. The van der Waals surface area contributed by atoms with Crippen molar-refractivity contribution in [3.05, 3.63) is 76.1 Å². The van der Waals surface area contributed by atoms with Crippen molar-refractivity contribution in [2.24, 2.45) is 11.8 Å². The molecular weight excluding hydrogens is 600 g/mol. The highest BCUT2D eigenvalue weighted by Crippen LogP contribution is 2.58. The molecule has 0 amide bonds. The average molecular weight is 645 g/mol. The van der Waals surface area contributed by atoms with E-state index >= 15 is 0 Å². The zero-order valence-electron chi connectivity index (χ0n) is 26.9. The number of carbonyl (C=O) groups is 1. The smallest absolute Gasteiger partial charge is 0.329 e. The Morgan fingerprint density at radius 2 is 1.89 bits per heavy atom. The monoisotopic (exact) mass is 644 g/mol. The van der Waals surface area contributed by atoms with Crippen LogP contribution in [0.4, 0.5) is 5.69 Å². The van der Waals surface area contributed by atoms with Crippen LogP contribution in [0.15, 0.2) is 48.7 Å². The zero-order chi connectivity index (χ0) is 31.9. The molecule has 4 aliphatic rings. The maximum Gasteiger partial charge on any atom is 0.329 e. The van der Waals surface area contributed by atoms with Crippen LogP contribution in [-0.2, 0) is 23.1 Å². The van der Waals surface area contributed by atoms with Gasteiger partial charge >= 0.3 is 5.97 Å². The van der Waals surface area contributed by atoms with Gasteiger partial charge in [0.1, 0.15) is 11.3 Å². The predicted molar refractivity (Wildman–Crippen MR) is 180 cm³/mol. The second-order valence-electron chi connectivity index (χ2n) is 14.2. The van der Waals surface area contributed by atoms with Crippen molar-refractivity contribution >= 4 is 23.3 Å². The predicted octanol–water partition coefficient (Wildman–Crippen LogP) is 8.36. The Balaban J connectivity index is 1.15. The molecule has 3 aliphatic carbocycles. The molecule has 8 heteroatoms. The van der Waals surface area contributed by atoms with Crippen LogP contribution in [0.3, 0.4) is 0 Å². The van der Waals surface area contributed by atoms with Crippen LogP contribution < -0.4 is 19.5 Å². The summed E-state index contributed by atoms with van der Waals surface area (Å²) in [5, 5.41) is 14.6. The van der Waals surface area contributed by atoms with Crippen LogP contribution in [0.25, 0.3) is 0 Å². The summed E-state index contributed by atoms with van der Waals surface area (Å²) in [6.07, 6.45) is 10.7. The van der Waals surface area contributed by atoms with Gasteiger partial charge < -0.3 is 24.6 Å². The van der Waals surface area contributed by atoms with Crippen LogP contribution in [0.5, 0.6) is 17.2 Å². The average Bonchev–Trinajstić information content (AvgIpc) is 3.15. The maximum atomic E-state index is 12.9. The summed E-state index contributed by atoms with van der Waals surface area (Å²) in [7, 11) is 0. The largest absolute Gasteiger partial charge is 0.493 e. The van der Waals surface area contributed by atoms with E-state index in [-0.39, 0.29) is 5.41 Å². The highest BCUT2D eigenvalue weighted by Gasteiger charge is 2.54. The van der Waals surface area contributed by atoms with Crippen LogP contribution in [-0.4, -0.2) is 41.4 Å². The molecule has 7 rings (SSSR count). The van der Waals surface area contributed by atoms with Gasteiger partial charge in [-0.2, -0.15) is 0 Å². The summed E-state index contributed by atoms with van der Waals surface area (Å²) < 4.78 is 18.8. The third-order valence-corrected chi connectivity index (χ3v) is 11.4. The van der Waals surface area contributed by atoms with Crippen molar-refractivity contribution in [2.45, 2.75) is 94.9 Å². The summed E-state index contributed by atoms with van der Waals surface area (Å²) in [6, 6.07) is 13.8. The molecular formula is C38H45ClN2O5. The highest BCUT2D eigenvalue weighted by atomic mass is 35.5. The number of carboxylic acid groups (broad SMARTS) is 1. The Hall–Kier alpha value is -3.45. The molecule has 0 radical (unpaired) electrons. The van der Waals surface area contributed by atoms with Crippen molar-refractivity contribution in [3.8, 4) is 17.2 Å². The van der Waals surface area contributed by atoms with Crippen molar-refractivity contribution in [1.82, 2.24) is 4.98 Å². The number of hydrogen-bond acceptors (Lipinski definition) is 6. The fraction of sp³-hybridized carbons (Fsp3) is 0.526. The van der Waals surface area contributed by atoms with Crippen LogP contribution in [0, 0.1) is 11.8 Å². The number of rotatable bonds is 8. The number of nitrogens with one attached hydrogen (secondary N) is 1. The molecule has 2 heterocycles. The molecule has 244 valence electrons. The molecule has 2 aromatic carbocycles. The van der Waals surface area contributed by atoms with E-state index in [0.717, 1.165) is 61.5 Å². The number of fused-ring (bicyclic) bond motifs is 4. The van der Waals surface area contributed by atoms with E-state index in [2.05, 4.69) is 36.3 Å². The highest BCUT2D eigenvalue weighted by molar-refractivity contribution is 6.30. The lowest BCUT2D eigenvalue weighted by atomic mass is 9.59. The van der Waals surface area contributed by atoms with E-state index in [9.17, 15) is 9.90 Å². The lowest BCUT2D eigenvalue weighted by molar-refractivity contribution is -0.144. The van der Waals surface area contributed by atoms with Crippen LogP contribution in [0.1, 0.15) is 93.5 Å². The summed E-state index contributed by atoms with van der Waals surface area (Å²) in [4.78, 5) is 17.6. The number of carboxylic acids is 1. The van der Waals surface area contributed by atoms with Gasteiger partial charge in [0.05, 0.1) is 19.8 Å². The van der Waals surface area contributed by atoms with Crippen molar-refractivity contribution in [3.63, 3.8) is 0 Å². The summed E-state index contributed by atoms with van der Waals surface area (Å²) in [5.74, 6) is 2.97. The lowest BCUT2D eigenvalue weighted by Crippen LogP contribution is -2.53. The van der Waals surface area contributed by atoms with Gasteiger partial charge in [0.15, 0.2) is 11.5 Å². The van der Waals surface area contributed by atoms with E-state index in [1.165, 1.54) is 35.2 Å². The van der Waals surface area contributed by atoms with Crippen LogP contribution in [0.2, 0.25) is 5.02 Å². The first kappa shape index (κ1) is 31.2. The Kier molecular flexibility index (Phi) is 8.56. The number of aromatic nitrogens is 1. The normalized spacial score (nSPS) is 27.3. The van der Waals surface area contributed by atoms with Crippen molar-refractivity contribution in [1.29, 1.82) is 0 Å². The number of halogens is 1. The first-order valence-corrected chi connectivity index (χ1v) is 17.4. The topological polar surface area (TPSA) is 89.9 Å². The van der Waals surface area contributed by atoms with E-state index in [1.54, 1.807) is 12.1 Å². The van der Waals surface area contributed by atoms with Crippen molar-refractivity contribution < 1.29 is 24.1 Å². The number of anilines is 1. The number of ether oxygens (including phenoxy) is 3. The van der Waals surface area contributed by atoms with Gasteiger partial charge in [-0.25, -0.2) is 4.79 Å². The minimum absolute atomic E-state index is 0.145. The van der Waals surface area contributed by atoms with Gasteiger partial charge in [-0.1, -0.05) is 31.5 Å². The van der Waals surface area contributed by atoms with E-state index in [0.29, 0.717) is 55.4 Å². The molecule has 3 aromatic rings. The molecule has 0 saturated heterocycles. The van der Waals surface area contributed by atoms with Gasteiger partial charge in [-0.05, 0) is 128 Å². The Labute approximate surface area is 277 Å². The second-order valence-corrected chi connectivity index (χ2v) is 14.6. The molecule has 3 atom stereocenters. The number of benzene rings is 2. The molecule has 1 spiro atoms. The molecule has 0 bridgehead atoms. The molecule has 1 saturated carbocycles. The minimum Gasteiger partial charge on any atom is -0.493 e. The van der Waals surface area contributed by atoms with Crippen LogP contribution >= 0.6 is 11.6 Å². The number of pyridine rings is 1. The molecule has 7 nitrogen and oxygen atoms in total. The molecule has 1 fully saturated rings. The van der Waals surface area contributed by atoms with Gasteiger partial charge in [0.2, 0.25) is 0 Å². The fourth-order valence-corrected chi connectivity index (χ4v) is 8.95. The minimum atomic E-state index is -1.06. The molecule has 2 N–H and O–H groups in total. The second kappa shape index (κ2) is 12.6. The number of hydrogen-bond donors (Lipinski definition) is 2. The molecule has 1 aromatic heterocycles. The van der Waals surface area contributed by atoms with Gasteiger partial charge in [-0.3, -0.25) is 4.98 Å². The van der Waals surface area contributed by atoms with Crippen molar-refractivity contribution in [2.75, 3.05) is 25.1 Å². The maximum absolute atomic E-state index is 12.9. The SMILES string of the molecule is C[C@@H](COc1ccnc2c1[C@H](C)CCC2)CC1Cc2cc3c(cc2C12CCC(Nc1cccc(Cl)c1)(C(=O)O)CC2)OCCCO3. The summed E-state index contributed by atoms with van der Waals surface area (Å²) in [5.41, 5.74) is 4.64. The first-order valence-electron chi connectivity index (χ1n) is 17.1. The number of aliphatic carboxylic acids is 1. The van der Waals surface area contributed by atoms with E-state index in [4.69, 9.17) is 25.8 Å². The van der Waals surface area contributed by atoms with E-state index < -0.39 is 11.5 Å². The fourth-order valence-electron chi connectivity index (χ4n) is 8.76. The molecule has 1 unspecified atom stereocenters. The molecule has 46 heavy (non-hydrogen) atoms. The third-order valence-electron chi connectivity index (χ3n) is 11.2. The van der Waals surface area contributed by atoms with Gasteiger partial charge in [0.25, 0.3) is 0 Å². The first-order chi connectivity index (χ1) is 22.3. The number of aryl methyl sites for hydroxylation is 1. The van der Waals surface area contributed by atoms with Gasteiger partial charge in [0, 0.05) is 34.6 Å². The Morgan fingerprint density at radius 3 is 2.65 bits per heavy atom. The summed E-state index contributed by atoms with van der Waals surface area (Å²) >= 11 is 6.26. The van der Waals surface area contributed by atoms with E-state index in [1.807, 2.05) is 24.4 Å². The number of nitrogens with zero attached hydrogens (tertiary/aromatic N) is 1. The Bertz CT molecular complexity index is 1600. The Morgan fingerprint density at radius 1 is 1.11 bits per heavy atom. The zero-order valence-corrected chi connectivity index (χ0v) is 27.7. The summed E-state index contributed by atoms with van der Waals surface area (Å²) in [6.45, 7) is 6.51. The third kappa shape index (κ3) is 5.80. The molecule has 1 aliphatic heterocycles.